The maximum Gasteiger partial charge on any atom is 0.310 e. The van der Waals surface area contributed by atoms with Crippen molar-refractivity contribution in [2.45, 2.75) is 25.8 Å². The molecule has 2 rings (SSSR count). The third kappa shape index (κ3) is 3.15. The van der Waals surface area contributed by atoms with Crippen LogP contribution < -0.4 is 0 Å². The average Bonchev–Trinajstić information content (AvgIpc) is 2.94. The van der Waals surface area contributed by atoms with Gasteiger partial charge in [-0.25, -0.2) is 0 Å². The molecular weight excluding hydrogens is 242 g/mol. The molecule has 0 bridgehead atoms. The molecule has 1 aromatic rings. The standard InChI is InChI=1S/C14H19N3O2/c1-2-19-14(18)11-5-4-8-17(10-11)13(9-15)12-6-3-7-16-12/h3,6-7,11,13,16H,2,4-5,8,10H2,1H3. The Labute approximate surface area is 113 Å². The minimum Gasteiger partial charge on any atom is -0.466 e. The third-order valence-corrected chi connectivity index (χ3v) is 3.48. The van der Waals surface area contributed by atoms with E-state index in [2.05, 4.69) is 16.0 Å². The van der Waals surface area contributed by atoms with Gasteiger partial charge in [-0.15, -0.1) is 0 Å². The minimum absolute atomic E-state index is 0.112. The highest BCUT2D eigenvalue weighted by molar-refractivity contribution is 5.72. The monoisotopic (exact) mass is 261 g/mol. The van der Waals surface area contributed by atoms with E-state index in [1.807, 2.05) is 25.3 Å². The predicted molar refractivity (Wildman–Crippen MR) is 70.1 cm³/mol. The molecule has 2 unspecified atom stereocenters. The lowest BCUT2D eigenvalue weighted by Crippen LogP contribution is -2.41. The maximum atomic E-state index is 11.8. The van der Waals surface area contributed by atoms with Crippen molar-refractivity contribution in [2.75, 3.05) is 19.7 Å². The zero-order chi connectivity index (χ0) is 13.7. The van der Waals surface area contributed by atoms with Crippen molar-refractivity contribution >= 4 is 5.97 Å². The highest BCUT2D eigenvalue weighted by atomic mass is 16.5. The summed E-state index contributed by atoms with van der Waals surface area (Å²) in [6.45, 7) is 3.66. The first-order valence-corrected chi connectivity index (χ1v) is 6.69. The molecule has 0 saturated carbocycles. The van der Waals surface area contributed by atoms with Gasteiger partial charge in [-0.2, -0.15) is 5.26 Å². The number of carbonyl (C=O) groups is 1. The summed E-state index contributed by atoms with van der Waals surface area (Å²) >= 11 is 0. The van der Waals surface area contributed by atoms with Crippen molar-refractivity contribution in [3.63, 3.8) is 0 Å². The fourth-order valence-electron chi connectivity index (χ4n) is 2.56. The van der Waals surface area contributed by atoms with Crippen LogP contribution in [0, 0.1) is 17.2 Å². The van der Waals surface area contributed by atoms with E-state index in [-0.39, 0.29) is 17.9 Å². The van der Waals surface area contributed by atoms with Crippen LogP contribution in [0.5, 0.6) is 0 Å². The van der Waals surface area contributed by atoms with Crippen molar-refractivity contribution in [2.24, 2.45) is 5.92 Å². The first-order chi connectivity index (χ1) is 9.26. The molecular formula is C14H19N3O2. The number of aromatic nitrogens is 1. The van der Waals surface area contributed by atoms with Crippen molar-refractivity contribution in [3.8, 4) is 6.07 Å². The van der Waals surface area contributed by atoms with Crippen molar-refractivity contribution in [1.29, 1.82) is 5.26 Å². The summed E-state index contributed by atoms with van der Waals surface area (Å²) in [5.41, 5.74) is 0.881. The molecule has 2 heterocycles. The SMILES string of the molecule is CCOC(=O)C1CCCN(C(C#N)c2ccc[nH]2)C1. The Morgan fingerprint density at radius 2 is 2.58 bits per heavy atom. The number of rotatable bonds is 4. The summed E-state index contributed by atoms with van der Waals surface area (Å²) in [6.07, 6.45) is 3.58. The molecule has 2 atom stereocenters. The highest BCUT2D eigenvalue weighted by Gasteiger charge is 2.31. The topological polar surface area (TPSA) is 69.1 Å². The van der Waals surface area contributed by atoms with Gasteiger partial charge in [-0.3, -0.25) is 9.69 Å². The average molecular weight is 261 g/mol. The van der Waals surface area contributed by atoms with Crippen molar-refractivity contribution in [3.05, 3.63) is 24.0 Å². The number of nitrogens with zero attached hydrogens (tertiary/aromatic N) is 2. The molecule has 5 nitrogen and oxygen atoms in total. The number of carbonyl (C=O) groups excluding carboxylic acids is 1. The Morgan fingerprint density at radius 3 is 3.21 bits per heavy atom. The molecule has 0 amide bonds. The van der Waals surface area contributed by atoms with E-state index in [4.69, 9.17) is 4.74 Å². The van der Waals surface area contributed by atoms with Gasteiger partial charge >= 0.3 is 5.97 Å². The van der Waals surface area contributed by atoms with Crippen LogP contribution in [0.1, 0.15) is 31.5 Å². The Bertz CT molecular complexity index is 450. The second kappa shape index (κ2) is 6.39. The van der Waals surface area contributed by atoms with Gasteiger partial charge in [0.15, 0.2) is 0 Å². The summed E-state index contributed by atoms with van der Waals surface area (Å²) in [5.74, 6) is -0.255. The first kappa shape index (κ1) is 13.6. The second-order valence-corrected chi connectivity index (χ2v) is 4.74. The van der Waals surface area contributed by atoms with Crippen LogP contribution in [0.4, 0.5) is 0 Å². The fraction of sp³-hybridized carbons (Fsp3) is 0.571. The molecule has 1 N–H and O–H groups in total. The van der Waals surface area contributed by atoms with Gasteiger partial charge in [0, 0.05) is 18.4 Å². The molecule has 1 saturated heterocycles. The molecule has 1 aliphatic heterocycles. The van der Waals surface area contributed by atoms with E-state index < -0.39 is 0 Å². The number of piperidine rings is 1. The molecule has 1 fully saturated rings. The Morgan fingerprint density at radius 1 is 1.74 bits per heavy atom. The van der Waals surface area contributed by atoms with Gasteiger partial charge in [0.25, 0.3) is 0 Å². The molecule has 0 spiro atoms. The van der Waals surface area contributed by atoms with Crippen LogP contribution in [-0.4, -0.2) is 35.5 Å². The van der Waals surface area contributed by atoms with E-state index in [1.165, 1.54) is 0 Å². The number of H-pyrrole nitrogens is 1. The van der Waals surface area contributed by atoms with Gasteiger partial charge in [-0.1, -0.05) is 0 Å². The van der Waals surface area contributed by atoms with Crippen LogP contribution in [0.15, 0.2) is 18.3 Å². The number of hydrogen-bond donors (Lipinski definition) is 1. The molecule has 1 aromatic heterocycles. The fourth-order valence-corrected chi connectivity index (χ4v) is 2.56. The van der Waals surface area contributed by atoms with Gasteiger partial charge in [0.2, 0.25) is 0 Å². The normalized spacial score (nSPS) is 21.6. The number of hydrogen-bond acceptors (Lipinski definition) is 4. The van der Waals surface area contributed by atoms with E-state index >= 15 is 0 Å². The van der Waals surface area contributed by atoms with Crippen LogP contribution in [-0.2, 0) is 9.53 Å². The van der Waals surface area contributed by atoms with Crippen molar-refractivity contribution < 1.29 is 9.53 Å². The predicted octanol–water partition coefficient (Wildman–Crippen LogP) is 1.85. The van der Waals surface area contributed by atoms with Gasteiger partial charge < -0.3 is 9.72 Å². The number of aromatic amines is 1. The quantitative estimate of drug-likeness (QED) is 0.840. The van der Waals surface area contributed by atoms with Gasteiger partial charge in [0.05, 0.1) is 18.6 Å². The number of esters is 1. The number of ether oxygens (including phenoxy) is 1. The molecule has 102 valence electrons. The summed E-state index contributed by atoms with van der Waals surface area (Å²) < 4.78 is 5.08. The zero-order valence-corrected chi connectivity index (χ0v) is 11.1. The van der Waals surface area contributed by atoms with E-state index in [1.54, 1.807) is 0 Å². The van der Waals surface area contributed by atoms with E-state index in [0.717, 1.165) is 25.1 Å². The Hall–Kier alpha value is -1.80. The molecule has 0 radical (unpaired) electrons. The van der Waals surface area contributed by atoms with Gasteiger partial charge in [0.1, 0.15) is 6.04 Å². The summed E-state index contributed by atoms with van der Waals surface area (Å²) in [7, 11) is 0. The lowest BCUT2D eigenvalue weighted by molar-refractivity contribution is -0.150. The third-order valence-electron chi connectivity index (χ3n) is 3.48. The summed E-state index contributed by atoms with van der Waals surface area (Å²) in [6, 6.07) is 5.78. The zero-order valence-electron chi connectivity index (χ0n) is 11.1. The number of nitriles is 1. The van der Waals surface area contributed by atoms with E-state index in [9.17, 15) is 10.1 Å². The lowest BCUT2D eigenvalue weighted by Gasteiger charge is -2.33. The van der Waals surface area contributed by atoms with Crippen LogP contribution >= 0.6 is 0 Å². The van der Waals surface area contributed by atoms with E-state index in [0.29, 0.717) is 13.2 Å². The molecule has 1 aliphatic rings. The minimum atomic E-state index is -0.313. The lowest BCUT2D eigenvalue weighted by atomic mass is 9.96. The summed E-state index contributed by atoms with van der Waals surface area (Å²) in [5, 5.41) is 9.35. The maximum absolute atomic E-state index is 11.8. The van der Waals surface area contributed by atoms with Crippen molar-refractivity contribution in [1.82, 2.24) is 9.88 Å². The molecule has 5 heteroatoms. The molecule has 0 aromatic carbocycles. The Balaban J connectivity index is 2.04. The number of likely N-dealkylation sites (tertiary alicyclic amines) is 1. The van der Waals surface area contributed by atoms with Crippen LogP contribution in [0.3, 0.4) is 0 Å². The summed E-state index contributed by atoms with van der Waals surface area (Å²) in [4.78, 5) is 16.9. The van der Waals surface area contributed by atoms with Crippen LogP contribution in [0.25, 0.3) is 0 Å². The smallest absolute Gasteiger partial charge is 0.310 e. The van der Waals surface area contributed by atoms with Gasteiger partial charge in [-0.05, 0) is 38.4 Å². The largest absolute Gasteiger partial charge is 0.466 e. The highest BCUT2D eigenvalue weighted by Crippen LogP contribution is 2.26. The second-order valence-electron chi connectivity index (χ2n) is 4.74. The first-order valence-electron chi connectivity index (χ1n) is 6.69. The number of nitrogens with one attached hydrogen (secondary N) is 1. The molecule has 19 heavy (non-hydrogen) atoms. The van der Waals surface area contributed by atoms with Crippen LogP contribution in [0.2, 0.25) is 0 Å². The Kier molecular flexibility index (Phi) is 4.58. The molecule has 0 aliphatic carbocycles.